The van der Waals surface area contributed by atoms with Crippen molar-refractivity contribution in [3.8, 4) is 0 Å². The second kappa shape index (κ2) is 7.42. The summed E-state index contributed by atoms with van der Waals surface area (Å²) >= 11 is 0. The molecule has 0 aliphatic heterocycles. The standard InChI is InChI=1S/C17H26BN/c1-6-7-8-19-15(5)13(3)10-16-9-12(2)14(4)17(18)11-16/h9,11,13,19H,5-8,10H2,1-4H3. The molecule has 1 N–H and O–H groups in total. The second-order valence-electron chi connectivity index (χ2n) is 5.54. The zero-order valence-electron chi connectivity index (χ0n) is 12.8. The first-order valence-electron chi connectivity index (χ1n) is 7.24. The maximum Gasteiger partial charge on any atom is 0.114 e. The average molecular weight is 255 g/mol. The van der Waals surface area contributed by atoms with Gasteiger partial charge in [0, 0.05) is 12.2 Å². The van der Waals surface area contributed by atoms with Gasteiger partial charge in [0.05, 0.1) is 0 Å². The van der Waals surface area contributed by atoms with Crippen LogP contribution < -0.4 is 10.8 Å². The molecule has 1 unspecified atom stereocenters. The number of benzene rings is 1. The zero-order valence-corrected chi connectivity index (χ0v) is 12.8. The zero-order chi connectivity index (χ0) is 14.4. The van der Waals surface area contributed by atoms with E-state index in [9.17, 15) is 0 Å². The summed E-state index contributed by atoms with van der Waals surface area (Å²) in [5.74, 6) is 0.429. The van der Waals surface area contributed by atoms with Crippen LogP contribution in [0.2, 0.25) is 0 Å². The molecule has 1 atom stereocenters. The van der Waals surface area contributed by atoms with E-state index in [4.69, 9.17) is 7.85 Å². The Bertz CT molecular complexity index is 414. The predicted octanol–water partition coefficient (Wildman–Crippen LogP) is 3.18. The smallest absolute Gasteiger partial charge is 0.114 e. The maximum absolute atomic E-state index is 6.03. The summed E-state index contributed by atoms with van der Waals surface area (Å²) in [5, 5.41) is 3.42. The van der Waals surface area contributed by atoms with Crippen LogP contribution in [0.5, 0.6) is 0 Å². The summed E-state index contributed by atoms with van der Waals surface area (Å²) in [7, 11) is 6.03. The van der Waals surface area contributed by atoms with Gasteiger partial charge in [-0.1, -0.05) is 50.0 Å². The number of rotatable bonds is 7. The number of nitrogens with one attached hydrogen (secondary N) is 1. The first kappa shape index (κ1) is 15.9. The minimum Gasteiger partial charge on any atom is -0.389 e. The molecule has 0 saturated heterocycles. The van der Waals surface area contributed by atoms with E-state index in [1.54, 1.807) is 0 Å². The summed E-state index contributed by atoms with van der Waals surface area (Å²) in [6.07, 6.45) is 3.40. The van der Waals surface area contributed by atoms with E-state index in [1.807, 2.05) is 0 Å². The van der Waals surface area contributed by atoms with Gasteiger partial charge in [-0.05, 0) is 43.7 Å². The number of allylic oxidation sites excluding steroid dienone is 1. The van der Waals surface area contributed by atoms with Crippen LogP contribution in [0.4, 0.5) is 0 Å². The van der Waals surface area contributed by atoms with Gasteiger partial charge in [0.2, 0.25) is 0 Å². The molecule has 0 bridgehead atoms. The van der Waals surface area contributed by atoms with E-state index in [0.717, 1.165) is 24.1 Å². The molecule has 102 valence electrons. The van der Waals surface area contributed by atoms with E-state index < -0.39 is 0 Å². The fourth-order valence-corrected chi connectivity index (χ4v) is 2.16. The maximum atomic E-state index is 6.03. The Balaban J connectivity index is 2.61. The summed E-state index contributed by atoms with van der Waals surface area (Å²) in [5.41, 5.74) is 5.78. The molecule has 0 fully saturated rings. The van der Waals surface area contributed by atoms with Gasteiger partial charge in [0.15, 0.2) is 0 Å². The molecule has 1 rings (SSSR count). The number of unbranched alkanes of at least 4 members (excludes halogenated alkanes) is 1. The third-order valence-corrected chi connectivity index (χ3v) is 3.79. The Hall–Kier alpha value is -1.18. The molecule has 0 amide bonds. The Morgan fingerprint density at radius 2 is 2.05 bits per heavy atom. The molecule has 2 heteroatoms. The van der Waals surface area contributed by atoms with E-state index in [-0.39, 0.29) is 0 Å². The monoisotopic (exact) mass is 255 g/mol. The fourth-order valence-electron chi connectivity index (χ4n) is 2.16. The highest BCUT2D eigenvalue weighted by molar-refractivity contribution is 6.33. The van der Waals surface area contributed by atoms with Crippen LogP contribution in [0.15, 0.2) is 24.4 Å². The van der Waals surface area contributed by atoms with Gasteiger partial charge < -0.3 is 5.32 Å². The molecule has 0 aliphatic carbocycles. The largest absolute Gasteiger partial charge is 0.389 e. The molecular formula is C17H26BN. The second-order valence-corrected chi connectivity index (χ2v) is 5.54. The van der Waals surface area contributed by atoms with Crippen molar-refractivity contribution in [2.75, 3.05) is 6.54 Å². The quantitative estimate of drug-likeness (QED) is 0.583. The molecule has 0 heterocycles. The van der Waals surface area contributed by atoms with E-state index in [1.165, 1.54) is 29.5 Å². The van der Waals surface area contributed by atoms with Crippen molar-refractivity contribution in [2.45, 2.75) is 47.0 Å². The van der Waals surface area contributed by atoms with Crippen LogP contribution in [0.3, 0.4) is 0 Å². The fraction of sp³-hybridized carbons (Fsp3) is 0.529. The van der Waals surface area contributed by atoms with E-state index in [0.29, 0.717) is 5.92 Å². The van der Waals surface area contributed by atoms with Gasteiger partial charge in [-0.25, -0.2) is 0 Å². The number of aryl methyl sites for hydroxylation is 1. The van der Waals surface area contributed by atoms with Crippen LogP contribution in [0, 0.1) is 19.8 Å². The summed E-state index contributed by atoms with van der Waals surface area (Å²) in [6, 6.07) is 4.33. The lowest BCUT2D eigenvalue weighted by Gasteiger charge is -2.18. The van der Waals surface area contributed by atoms with Crippen LogP contribution in [0.25, 0.3) is 0 Å². The van der Waals surface area contributed by atoms with Crippen molar-refractivity contribution in [3.05, 3.63) is 41.1 Å². The van der Waals surface area contributed by atoms with Gasteiger partial charge in [-0.3, -0.25) is 0 Å². The highest BCUT2D eigenvalue weighted by Gasteiger charge is 2.09. The molecule has 0 spiro atoms. The van der Waals surface area contributed by atoms with Crippen molar-refractivity contribution in [1.82, 2.24) is 5.32 Å². The van der Waals surface area contributed by atoms with Crippen molar-refractivity contribution < 1.29 is 0 Å². The Morgan fingerprint density at radius 1 is 1.37 bits per heavy atom. The van der Waals surface area contributed by atoms with Crippen molar-refractivity contribution >= 4 is 13.3 Å². The number of hydrogen-bond donors (Lipinski definition) is 1. The lowest BCUT2D eigenvalue weighted by molar-refractivity contribution is 0.590. The minimum atomic E-state index is 0.429. The van der Waals surface area contributed by atoms with Gasteiger partial charge in [-0.15, -0.1) is 0 Å². The lowest BCUT2D eigenvalue weighted by Crippen LogP contribution is -2.21. The van der Waals surface area contributed by atoms with Gasteiger partial charge in [-0.2, -0.15) is 0 Å². The molecule has 0 saturated carbocycles. The molecule has 0 aliphatic rings. The Kier molecular flexibility index (Phi) is 6.20. The topological polar surface area (TPSA) is 12.0 Å². The summed E-state index contributed by atoms with van der Waals surface area (Å²) < 4.78 is 0. The third kappa shape index (κ3) is 4.78. The van der Waals surface area contributed by atoms with E-state index >= 15 is 0 Å². The lowest BCUT2D eigenvalue weighted by atomic mass is 9.85. The van der Waals surface area contributed by atoms with E-state index in [2.05, 4.69) is 51.7 Å². The predicted molar refractivity (Wildman–Crippen MR) is 86.2 cm³/mol. The van der Waals surface area contributed by atoms with Crippen LogP contribution in [0.1, 0.15) is 43.4 Å². The number of hydrogen-bond acceptors (Lipinski definition) is 1. The van der Waals surface area contributed by atoms with Crippen molar-refractivity contribution in [1.29, 1.82) is 0 Å². The molecular weight excluding hydrogens is 229 g/mol. The third-order valence-electron chi connectivity index (χ3n) is 3.79. The molecule has 0 aromatic heterocycles. The average Bonchev–Trinajstić information content (AvgIpc) is 2.36. The first-order chi connectivity index (χ1) is 8.95. The minimum absolute atomic E-state index is 0.429. The van der Waals surface area contributed by atoms with Crippen LogP contribution in [-0.4, -0.2) is 14.4 Å². The SMILES string of the molecule is [B]c1cc(CC(C)C(=C)NCCCC)cc(C)c1C. The van der Waals surface area contributed by atoms with Crippen molar-refractivity contribution in [2.24, 2.45) is 5.92 Å². The molecule has 19 heavy (non-hydrogen) atoms. The highest BCUT2D eigenvalue weighted by atomic mass is 14.9. The normalized spacial score (nSPS) is 12.2. The highest BCUT2D eigenvalue weighted by Crippen LogP contribution is 2.15. The Labute approximate surface area is 119 Å². The molecule has 1 nitrogen and oxygen atoms in total. The van der Waals surface area contributed by atoms with Crippen molar-refractivity contribution in [3.63, 3.8) is 0 Å². The molecule has 1 aromatic rings. The molecule has 1 aromatic carbocycles. The summed E-state index contributed by atoms with van der Waals surface area (Å²) in [4.78, 5) is 0. The van der Waals surface area contributed by atoms with Gasteiger partial charge in [0.1, 0.15) is 7.85 Å². The Morgan fingerprint density at radius 3 is 2.63 bits per heavy atom. The van der Waals surface area contributed by atoms with Crippen LogP contribution in [-0.2, 0) is 6.42 Å². The summed E-state index contributed by atoms with van der Waals surface area (Å²) in [6.45, 7) is 13.8. The van der Waals surface area contributed by atoms with Gasteiger partial charge in [0.25, 0.3) is 0 Å². The molecule has 2 radical (unpaired) electrons. The van der Waals surface area contributed by atoms with Crippen LogP contribution >= 0.6 is 0 Å². The first-order valence-corrected chi connectivity index (χ1v) is 7.24. The van der Waals surface area contributed by atoms with Gasteiger partial charge >= 0.3 is 0 Å².